The molecule has 72 heavy (non-hydrogen) atoms. The van der Waals surface area contributed by atoms with E-state index in [0.717, 1.165) is 45.0 Å². The van der Waals surface area contributed by atoms with Crippen LogP contribution in [0, 0.1) is 41.5 Å². The van der Waals surface area contributed by atoms with Crippen molar-refractivity contribution in [1.82, 2.24) is 9.97 Å². The van der Waals surface area contributed by atoms with E-state index in [1.807, 2.05) is 45.3 Å². The van der Waals surface area contributed by atoms with Gasteiger partial charge in [-0.15, -0.1) is 45.3 Å². The summed E-state index contributed by atoms with van der Waals surface area (Å²) < 4.78 is 9.81. The second kappa shape index (κ2) is 18.3. The third-order valence-electron chi connectivity index (χ3n) is 14.1. The highest BCUT2D eigenvalue weighted by molar-refractivity contribution is 7.33. The average molecular weight is 1010 g/mol. The first-order chi connectivity index (χ1) is 34.4. The number of nitrogens with zero attached hydrogens (tertiary/aromatic N) is 2. The predicted molar refractivity (Wildman–Crippen MR) is 322 cm³/mol. The molecule has 0 spiro atoms. The molecular weight excluding hydrogens is 949 g/mol. The van der Waals surface area contributed by atoms with Gasteiger partial charge in [0.1, 0.15) is 0 Å². The molecule has 7 heterocycles. The quantitative estimate of drug-likeness (QED) is 0.176. The molecule has 0 saturated carbocycles. The lowest BCUT2D eigenvalue weighted by atomic mass is 9.86. The number of aryl methyl sites for hydroxylation is 6. The Kier molecular flexibility index (Phi) is 12.2. The lowest BCUT2D eigenvalue weighted by Gasteiger charge is -2.19. The highest BCUT2D eigenvalue weighted by Crippen LogP contribution is 2.46. The molecule has 9 aromatic rings. The third-order valence-corrected chi connectivity index (χ3v) is 18.9. The molecule has 0 radical (unpaired) electrons. The Hall–Kier alpha value is -6.28. The smallest absolute Gasteiger partial charge is 0.0730 e. The molecule has 0 unspecified atom stereocenters. The van der Waals surface area contributed by atoms with Gasteiger partial charge in [-0.25, -0.2) is 9.97 Å². The van der Waals surface area contributed by atoms with Crippen LogP contribution in [0.3, 0.4) is 0 Å². The Morgan fingerprint density at radius 3 is 0.847 bits per heavy atom. The SMILES string of the molecule is Cc1cc(C)c(-c2c3nc(c(-c4ccc(C(C)(C)C)cc4)c4ccc(s4)c4ccc(s4)c4ccc(s4)c(-c4ccc(C(C)(C)C)cc4)c4nc(c(-c5c(C)cc(C)cc5C)c5ccc2s5)C=C4)C=C3)c(C)c1. The molecule has 2 aliphatic rings. The van der Waals surface area contributed by atoms with Crippen LogP contribution < -0.4 is 0 Å². The first kappa shape index (κ1) is 48.0. The average Bonchev–Trinajstić information content (AvgIpc) is 4.18. The largest absolute Gasteiger partial charge is 0.248 e. The van der Waals surface area contributed by atoms with Crippen LogP contribution in [0.15, 0.2) is 121 Å². The van der Waals surface area contributed by atoms with Crippen molar-refractivity contribution in [3.05, 3.63) is 189 Å². The van der Waals surface area contributed by atoms with Crippen molar-refractivity contribution in [2.75, 3.05) is 0 Å². The zero-order valence-electron chi connectivity index (χ0n) is 43.4. The lowest BCUT2D eigenvalue weighted by Crippen LogP contribution is -2.10. The predicted octanol–water partition coefficient (Wildman–Crippen LogP) is 20.8. The maximum Gasteiger partial charge on any atom is 0.0730 e. The molecule has 0 atom stereocenters. The molecule has 0 saturated heterocycles. The molecular formula is C66H60N2S4. The molecule has 5 aromatic heterocycles. The van der Waals surface area contributed by atoms with Crippen LogP contribution in [0.1, 0.15) is 109 Å². The minimum atomic E-state index is 0.0408. The molecule has 11 rings (SSSR count). The van der Waals surface area contributed by atoms with Gasteiger partial charge in [-0.1, -0.05) is 125 Å². The molecule has 358 valence electrons. The molecule has 0 N–H and O–H groups in total. The van der Waals surface area contributed by atoms with Crippen LogP contribution in [0.25, 0.3) is 106 Å². The monoisotopic (exact) mass is 1010 g/mol. The number of thiophene rings is 4. The summed E-state index contributed by atoms with van der Waals surface area (Å²) in [6, 6.07) is 46.2. The highest BCUT2D eigenvalue weighted by atomic mass is 32.1. The molecule has 12 bridgehead atoms. The maximum atomic E-state index is 5.71. The van der Waals surface area contributed by atoms with Gasteiger partial charge < -0.3 is 0 Å². The molecule has 2 aliphatic heterocycles. The van der Waals surface area contributed by atoms with E-state index in [2.05, 4.69) is 229 Å². The van der Waals surface area contributed by atoms with Gasteiger partial charge in [0.05, 0.1) is 22.8 Å². The van der Waals surface area contributed by atoms with Gasteiger partial charge >= 0.3 is 0 Å². The number of rotatable bonds is 4. The Morgan fingerprint density at radius 1 is 0.292 bits per heavy atom. The lowest BCUT2D eigenvalue weighted by molar-refractivity contribution is 0.590. The van der Waals surface area contributed by atoms with Crippen LogP contribution in [0.4, 0.5) is 0 Å². The maximum absolute atomic E-state index is 5.71. The van der Waals surface area contributed by atoms with Crippen LogP contribution in [0.2, 0.25) is 0 Å². The van der Waals surface area contributed by atoms with Crippen LogP contribution in [0.5, 0.6) is 0 Å². The van der Waals surface area contributed by atoms with Crippen molar-refractivity contribution >= 4 is 107 Å². The summed E-state index contributed by atoms with van der Waals surface area (Å²) in [5.74, 6) is 0. The fourth-order valence-corrected chi connectivity index (χ4v) is 15.2. The highest BCUT2D eigenvalue weighted by Gasteiger charge is 2.23. The topological polar surface area (TPSA) is 25.8 Å². The van der Waals surface area contributed by atoms with E-state index in [4.69, 9.17) is 9.97 Å². The fourth-order valence-electron chi connectivity index (χ4n) is 10.7. The first-order valence-corrected chi connectivity index (χ1v) is 28.2. The molecule has 4 aromatic carbocycles. The van der Waals surface area contributed by atoms with Crippen molar-refractivity contribution in [2.24, 2.45) is 0 Å². The zero-order chi connectivity index (χ0) is 50.4. The van der Waals surface area contributed by atoms with Crippen LogP contribution in [-0.2, 0) is 10.8 Å². The van der Waals surface area contributed by atoms with E-state index >= 15 is 0 Å². The second-order valence-corrected chi connectivity index (χ2v) is 26.1. The van der Waals surface area contributed by atoms with Gasteiger partial charge in [0.15, 0.2) is 0 Å². The van der Waals surface area contributed by atoms with Gasteiger partial charge in [-0.3, -0.25) is 0 Å². The summed E-state index contributed by atoms with van der Waals surface area (Å²) in [7, 11) is 0. The Morgan fingerprint density at radius 2 is 0.542 bits per heavy atom. The number of hydrogen-bond donors (Lipinski definition) is 0. The van der Waals surface area contributed by atoms with Gasteiger partial charge in [-0.05, 0) is 181 Å². The van der Waals surface area contributed by atoms with Gasteiger partial charge in [0.2, 0.25) is 0 Å². The second-order valence-electron chi connectivity index (χ2n) is 21.8. The van der Waals surface area contributed by atoms with Crippen molar-refractivity contribution in [2.45, 2.75) is 93.9 Å². The normalized spacial score (nSPS) is 12.6. The molecule has 0 fully saturated rings. The van der Waals surface area contributed by atoms with Crippen LogP contribution in [-0.4, -0.2) is 9.97 Å². The first-order valence-electron chi connectivity index (χ1n) is 24.9. The molecule has 6 heteroatoms. The van der Waals surface area contributed by atoms with Crippen molar-refractivity contribution in [3.8, 4) is 44.5 Å². The minimum absolute atomic E-state index is 0.0408. The van der Waals surface area contributed by atoms with E-state index < -0.39 is 0 Å². The fraction of sp³-hybridized carbons (Fsp3) is 0.212. The van der Waals surface area contributed by atoms with E-state index in [-0.39, 0.29) is 10.8 Å². The van der Waals surface area contributed by atoms with E-state index in [0.29, 0.717) is 0 Å². The summed E-state index contributed by atoms with van der Waals surface area (Å²) in [4.78, 5) is 11.4. The zero-order valence-corrected chi connectivity index (χ0v) is 46.6. The van der Waals surface area contributed by atoms with E-state index in [1.54, 1.807) is 0 Å². The van der Waals surface area contributed by atoms with Crippen molar-refractivity contribution in [1.29, 1.82) is 0 Å². The number of aromatic nitrogens is 2. The molecule has 0 amide bonds. The van der Waals surface area contributed by atoms with Crippen molar-refractivity contribution in [3.63, 3.8) is 0 Å². The summed E-state index contributed by atoms with van der Waals surface area (Å²) in [6.07, 6.45) is 9.01. The number of benzene rings is 4. The molecule has 0 aliphatic carbocycles. The Labute approximate surface area is 441 Å². The Balaban J connectivity index is 1.31. The van der Waals surface area contributed by atoms with E-state index in [9.17, 15) is 0 Å². The number of hydrogen-bond acceptors (Lipinski definition) is 6. The molecule has 2 nitrogen and oxygen atoms in total. The van der Waals surface area contributed by atoms with Crippen LogP contribution >= 0.6 is 45.3 Å². The summed E-state index contributed by atoms with van der Waals surface area (Å²) >= 11 is 7.42. The van der Waals surface area contributed by atoms with Gasteiger partial charge in [0, 0.05) is 59.9 Å². The summed E-state index contributed by atoms with van der Waals surface area (Å²) in [5, 5.41) is 0. The number of fused-ring (bicyclic) bond motifs is 14. The summed E-state index contributed by atoms with van der Waals surface area (Å²) in [6.45, 7) is 27.1. The van der Waals surface area contributed by atoms with E-state index in [1.165, 1.54) is 104 Å². The summed E-state index contributed by atoms with van der Waals surface area (Å²) in [5.41, 5.74) is 23.6. The standard InChI is InChI=1S/C66H60N2S4/c1-37-33-39(3)59(40(4)34-37)63-49-23-21-47(67-49)61(43-13-17-45(18-14-43)65(7,8)9)55-29-27-53(70-55)51-25-26-52(69-51)54-28-30-56(71-54)62(44-15-19-46(20-16-44)66(10,11)12)48-22-24-50(68-48)64(58-32-31-57(63)72-58)60-41(5)35-38(2)36-42(60)6/h13-36H,1-12H3. The van der Waals surface area contributed by atoms with Crippen molar-refractivity contribution < 1.29 is 0 Å². The Bertz CT molecular complexity index is 3680. The van der Waals surface area contributed by atoms with Gasteiger partial charge in [-0.2, -0.15) is 0 Å². The van der Waals surface area contributed by atoms with Gasteiger partial charge in [0.25, 0.3) is 0 Å². The third kappa shape index (κ3) is 8.91. The minimum Gasteiger partial charge on any atom is -0.248 e.